The molecule has 0 aliphatic carbocycles. The van der Waals surface area contributed by atoms with E-state index in [1.54, 1.807) is 0 Å². The minimum Gasteiger partial charge on any atom is -0.381 e. The van der Waals surface area contributed by atoms with Gasteiger partial charge in [-0.3, -0.25) is 0 Å². The first-order valence-electron chi connectivity index (χ1n) is 6.61. The van der Waals surface area contributed by atoms with Gasteiger partial charge in [0.1, 0.15) is 0 Å². The van der Waals surface area contributed by atoms with Gasteiger partial charge in [0.25, 0.3) is 0 Å². The van der Waals surface area contributed by atoms with Gasteiger partial charge in [0.2, 0.25) is 0 Å². The highest BCUT2D eigenvalue weighted by molar-refractivity contribution is 5.14. The Labute approximate surface area is 105 Å². The molecule has 0 heterocycles. The molecule has 0 saturated carbocycles. The van der Waals surface area contributed by atoms with Gasteiger partial charge in [-0.25, -0.2) is 0 Å². The monoisotopic (exact) mass is 235 g/mol. The van der Waals surface area contributed by atoms with Crippen molar-refractivity contribution in [3.05, 3.63) is 35.9 Å². The van der Waals surface area contributed by atoms with Gasteiger partial charge in [0.15, 0.2) is 0 Å². The zero-order valence-corrected chi connectivity index (χ0v) is 11.1. The van der Waals surface area contributed by atoms with E-state index < -0.39 is 0 Å². The van der Waals surface area contributed by atoms with Gasteiger partial charge in [-0.15, -0.1) is 0 Å². The molecule has 0 radical (unpaired) electrons. The second-order valence-corrected chi connectivity index (χ2v) is 4.81. The smallest absolute Gasteiger partial charge is 0.0489 e. The van der Waals surface area contributed by atoms with Crippen molar-refractivity contribution in [1.29, 1.82) is 0 Å². The number of rotatable bonds is 9. The lowest BCUT2D eigenvalue weighted by Gasteiger charge is -2.07. The average molecular weight is 235 g/mol. The van der Waals surface area contributed by atoms with Gasteiger partial charge >= 0.3 is 0 Å². The molecule has 1 aromatic carbocycles. The number of nitrogens with one attached hydrogen (secondary N) is 1. The molecule has 96 valence electrons. The van der Waals surface area contributed by atoms with Gasteiger partial charge < -0.3 is 10.1 Å². The summed E-state index contributed by atoms with van der Waals surface area (Å²) in [4.78, 5) is 0. The predicted molar refractivity (Wildman–Crippen MR) is 73.3 cm³/mol. The van der Waals surface area contributed by atoms with Crippen LogP contribution in [0.5, 0.6) is 0 Å². The van der Waals surface area contributed by atoms with Crippen LogP contribution in [0.15, 0.2) is 30.3 Å². The van der Waals surface area contributed by atoms with Crippen molar-refractivity contribution in [2.75, 3.05) is 26.3 Å². The second-order valence-electron chi connectivity index (χ2n) is 4.81. The molecule has 0 bridgehead atoms. The van der Waals surface area contributed by atoms with Crippen molar-refractivity contribution >= 4 is 0 Å². The number of ether oxygens (including phenoxy) is 1. The highest BCUT2D eigenvalue weighted by atomic mass is 16.5. The van der Waals surface area contributed by atoms with Crippen LogP contribution in [-0.4, -0.2) is 26.3 Å². The van der Waals surface area contributed by atoms with Crippen LogP contribution in [0.3, 0.4) is 0 Å². The van der Waals surface area contributed by atoms with E-state index in [-0.39, 0.29) is 0 Å². The van der Waals surface area contributed by atoms with E-state index in [1.165, 1.54) is 5.56 Å². The highest BCUT2D eigenvalue weighted by Gasteiger charge is 1.94. The molecule has 0 aliphatic rings. The van der Waals surface area contributed by atoms with E-state index in [9.17, 15) is 0 Å². The summed E-state index contributed by atoms with van der Waals surface area (Å²) in [6, 6.07) is 10.6. The predicted octanol–water partition coefficient (Wildman–Crippen LogP) is 2.88. The molecule has 17 heavy (non-hydrogen) atoms. The van der Waals surface area contributed by atoms with E-state index >= 15 is 0 Å². The molecular weight excluding hydrogens is 210 g/mol. The summed E-state index contributed by atoms with van der Waals surface area (Å²) in [5.74, 6) is 0.640. The van der Waals surface area contributed by atoms with Crippen LogP contribution in [-0.2, 0) is 11.2 Å². The number of benzene rings is 1. The van der Waals surface area contributed by atoms with Gasteiger partial charge in [-0.05, 0) is 37.4 Å². The summed E-state index contributed by atoms with van der Waals surface area (Å²) >= 11 is 0. The summed E-state index contributed by atoms with van der Waals surface area (Å²) in [6.07, 6.45) is 2.20. The fraction of sp³-hybridized carbons (Fsp3) is 0.600. The Morgan fingerprint density at radius 2 is 1.88 bits per heavy atom. The maximum Gasteiger partial charge on any atom is 0.0489 e. The van der Waals surface area contributed by atoms with Gasteiger partial charge in [-0.2, -0.15) is 0 Å². The standard InChI is InChI=1S/C15H25NO/c1-14(2)13-17-12-6-10-16-11-9-15-7-4-3-5-8-15/h3-5,7-8,14,16H,6,9-13H2,1-2H3. The minimum atomic E-state index is 0.640. The largest absolute Gasteiger partial charge is 0.381 e. The van der Waals surface area contributed by atoms with E-state index in [0.29, 0.717) is 5.92 Å². The molecule has 2 heteroatoms. The zero-order chi connectivity index (χ0) is 12.3. The van der Waals surface area contributed by atoms with Crippen LogP contribution in [0.2, 0.25) is 0 Å². The number of hydrogen-bond acceptors (Lipinski definition) is 2. The van der Waals surface area contributed by atoms with Gasteiger partial charge in [-0.1, -0.05) is 44.2 Å². The third-order valence-electron chi connectivity index (χ3n) is 2.53. The third-order valence-corrected chi connectivity index (χ3v) is 2.53. The Morgan fingerprint density at radius 1 is 1.12 bits per heavy atom. The third kappa shape index (κ3) is 7.94. The van der Waals surface area contributed by atoms with Gasteiger partial charge in [0.05, 0.1) is 0 Å². The minimum absolute atomic E-state index is 0.640. The molecule has 2 nitrogen and oxygen atoms in total. The first-order valence-corrected chi connectivity index (χ1v) is 6.61. The van der Waals surface area contributed by atoms with Crippen LogP contribution in [0.4, 0.5) is 0 Å². The van der Waals surface area contributed by atoms with Crippen molar-refractivity contribution in [3.8, 4) is 0 Å². The second kappa shape index (κ2) is 9.20. The molecule has 0 unspecified atom stereocenters. The quantitative estimate of drug-likeness (QED) is 0.665. The van der Waals surface area contributed by atoms with Crippen molar-refractivity contribution < 1.29 is 4.74 Å². The molecule has 0 saturated heterocycles. The molecule has 1 rings (SSSR count). The maximum absolute atomic E-state index is 5.52. The Kier molecular flexibility index (Phi) is 7.69. The summed E-state index contributed by atoms with van der Waals surface area (Å²) in [7, 11) is 0. The van der Waals surface area contributed by atoms with Gasteiger partial charge in [0, 0.05) is 13.2 Å². The zero-order valence-electron chi connectivity index (χ0n) is 11.1. The molecule has 0 atom stereocenters. The average Bonchev–Trinajstić information content (AvgIpc) is 2.33. The highest BCUT2D eigenvalue weighted by Crippen LogP contribution is 1.98. The fourth-order valence-corrected chi connectivity index (χ4v) is 1.62. The molecule has 0 spiro atoms. The first-order chi connectivity index (χ1) is 8.29. The van der Waals surface area contributed by atoms with E-state index in [0.717, 1.165) is 39.1 Å². The van der Waals surface area contributed by atoms with Crippen molar-refractivity contribution in [2.45, 2.75) is 26.7 Å². The Hall–Kier alpha value is -0.860. The van der Waals surface area contributed by atoms with E-state index in [2.05, 4.69) is 49.5 Å². The van der Waals surface area contributed by atoms with E-state index in [4.69, 9.17) is 4.74 Å². The summed E-state index contributed by atoms with van der Waals surface area (Å²) in [5, 5.41) is 3.44. The molecule has 0 amide bonds. The molecule has 0 fully saturated rings. The topological polar surface area (TPSA) is 21.3 Å². The normalized spacial score (nSPS) is 11.0. The Morgan fingerprint density at radius 3 is 2.59 bits per heavy atom. The lowest BCUT2D eigenvalue weighted by Crippen LogP contribution is -2.20. The fourth-order valence-electron chi connectivity index (χ4n) is 1.62. The Balaban J connectivity index is 1.88. The lowest BCUT2D eigenvalue weighted by atomic mass is 10.1. The van der Waals surface area contributed by atoms with Crippen molar-refractivity contribution in [2.24, 2.45) is 5.92 Å². The van der Waals surface area contributed by atoms with Crippen LogP contribution >= 0.6 is 0 Å². The SMILES string of the molecule is CC(C)COCCCNCCc1ccccc1. The van der Waals surface area contributed by atoms with Crippen molar-refractivity contribution in [3.63, 3.8) is 0 Å². The van der Waals surface area contributed by atoms with Crippen LogP contribution in [0.1, 0.15) is 25.8 Å². The van der Waals surface area contributed by atoms with Crippen molar-refractivity contribution in [1.82, 2.24) is 5.32 Å². The summed E-state index contributed by atoms with van der Waals surface area (Å²) in [6.45, 7) is 8.20. The lowest BCUT2D eigenvalue weighted by molar-refractivity contribution is 0.108. The molecule has 0 aliphatic heterocycles. The van der Waals surface area contributed by atoms with E-state index in [1.807, 2.05) is 0 Å². The number of hydrogen-bond donors (Lipinski definition) is 1. The Bertz CT molecular complexity index is 272. The molecular formula is C15H25NO. The summed E-state index contributed by atoms with van der Waals surface area (Å²) in [5.41, 5.74) is 1.40. The maximum atomic E-state index is 5.52. The molecule has 1 aromatic rings. The summed E-state index contributed by atoms with van der Waals surface area (Å²) < 4.78 is 5.52. The first kappa shape index (κ1) is 14.2. The van der Waals surface area contributed by atoms with Crippen LogP contribution in [0, 0.1) is 5.92 Å². The molecule has 1 N–H and O–H groups in total. The van der Waals surface area contributed by atoms with Crippen LogP contribution in [0.25, 0.3) is 0 Å². The van der Waals surface area contributed by atoms with Crippen LogP contribution < -0.4 is 5.32 Å². The molecule has 0 aromatic heterocycles.